The molecule has 1 aromatic rings. The predicted molar refractivity (Wildman–Crippen MR) is 49.3 cm³/mol. The van der Waals surface area contributed by atoms with Crippen molar-refractivity contribution >= 4 is 11.6 Å². The average molecular weight is 278 g/mol. The lowest BCUT2D eigenvalue weighted by Gasteiger charge is -2.26. The SMILES string of the molecule is N[C@H](c1cccc(Cl)c1F)C(F)(F)C(F)(F)F. The molecule has 8 heteroatoms. The average Bonchev–Trinajstić information content (AvgIpc) is 2.19. The Balaban J connectivity index is 3.22. The topological polar surface area (TPSA) is 26.0 Å². The largest absolute Gasteiger partial charge is 0.455 e. The van der Waals surface area contributed by atoms with Crippen molar-refractivity contribution in [2.75, 3.05) is 0 Å². The molecular formula is C9H6ClF6N. The van der Waals surface area contributed by atoms with Gasteiger partial charge in [0.15, 0.2) is 0 Å². The third kappa shape index (κ3) is 2.50. The number of alkyl halides is 5. The van der Waals surface area contributed by atoms with Gasteiger partial charge in [0.2, 0.25) is 0 Å². The van der Waals surface area contributed by atoms with E-state index in [0.717, 1.165) is 18.2 Å². The van der Waals surface area contributed by atoms with Crippen LogP contribution in [0.5, 0.6) is 0 Å². The molecule has 1 aromatic carbocycles. The molecule has 0 radical (unpaired) electrons. The van der Waals surface area contributed by atoms with Crippen LogP contribution in [0.25, 0.3) is 0 Å². The molecule has 0 saturated heterocycles. The van der Waals surface area contributed by atoms with Crippen molar-refractivity contribution in [1.82, 2.24) is 0 Å². The first-order valence-corrected chi connectivity index (χ1v) is 4.61. The molecule has 1 atom stereocenters. The maximum atomic E-state index is 13.3. The van der Waals surface area contributed by atoms with Gasteiger partial charge in [0.1, 0.15) is 11.9 Å². The van der Waals surface area contributed by atoms with Crippen LogP contribution in [0.15, 0.2) is 18.2 Å². The van der Waals surface area contributed by atoms with E-state index in [-0.39, 0.29) is 0 Å². The van der Waals surface area contributed by atoms with Crippen molar-refractivity contribution in [1.29, 1.82) is 0 Å². The van der Waals surface area contributed by atoms with E-state index in [2.05, 4.69) is 0 Å². The molecule has 1 nitrogen and oxygen atoms in total. The van der Waals surface area contributed by atoms with Crippen molar-refractivity contribution < 1.29 is 26.3 Å². The second kappa shape index (κ2) is 4.38. The van der Waals surface area contributed by atoms with Gasteiger partial charge in [-0.1, -0.05) is 23.7 Å². The summed E-state index contributed by atoms with van der Waals surface area (Å²) in [6, 6.07) is -0.0709. The molecule has 0 aliphatic rings. The highest BCUT2D eigenvalue weighted by molar-refractivity contribution is 6.30. The lowest BCUT2D eigenvalue weighted by Crippen LogP contribution is -2.46. The summed E-state index contributed by atoms with van der Waals surface area (Å²) >= 11 is 5.27. The molecule has 0 spiro atoms. The Morgan fingerprint density at radius 1 is 1.12 bits per heavy atom. The summed E-state index contributed by atoms with van der Waals surface area (Å²) < 4.78 is 75.0. The molecule has 1 rings (SSSR count). The Kier molecular flexibility index (Phi) is 3.63. The quantitative estimate of drug-likeness (QED) is 0.820. The monoisotopic (exact) mass is 277 g/mol. The lowest BCUT2D eigenvalue weighted by atomic mass is 10.0. The molecule has 0 bridgehead atoms. The fourth-order valence-electron chi connectivity index (χ4n) is 1.13. The molecule has 0 aromatic heterocycles. The lowest BCUT2D eigenvalue weighted by molar-refractivity contribution is -0.291. The first-order valence-electron chi connectivity index (χ1n) is 4.23. The smallest absolute Gasteiger partial charge is 0.319 e. The Morgan fingerprint density at radius 3 is 2.12 bits per heavy atom. The molecule has 96 valence electrons. The van der Waals surface area contributed by atoms with Crippen LogP contribution in [-0.2, 0) is 0 Å². The van der Waals surface area contributed by atoms with Crippen LogP contribution in [-0.4, -0.2) is 12.1 Å². The van der Waals surface area contributed by atoms with Gasteiger partial charge < -0.3 is 5.73 Å². The zero-order valence-corrected chi connectivity index (χ0v) is 8.79. The van der Waals surface area contributed by atoms with Gasteiger partial charge in [0.25, 0.3) is 0 Å². The summed E-state index contributed by atoms with van der Waals surface area (Å²) in [7, 11) is 0. The van der Waals surface area contributed by atoms with Crippen molar-refractivity contribution in [2.45, 2.75) is 18.1 Å². The van der Waals surface area contributed by atoms with E-state index >= 15 is 0 Å². The third-order valence-corrected chi connectivity index (χ3v) is 2.38. The van der Waals surface area contributed by atoms with Crippen molar-refractivity contribution in [3.8, 4) is 0 Å². The van der Waals surface area contributed by atoms with Crippen LogP contribution in [0, 0.1) is 5.82 Å². The molecule has 2 N–H and O–H groups in total. The van der Waals surface area contributed by atoms with E-state index < -0.39 is 34.5 Å². The van der Waals surface area contributed by atoms with E-state index in [1.807, 2.05) is 0 Å². The molecule has 0 aliphatic heterocycles. The highest BCUT2D eigenvalue weighted by atomic mass is 35.5. The van der Waals surface area contributed by atoms with Gasteiger partial charge in [-0.25, -0.2) is 4.39 Å². The zero-order chi connectivity index (χ0) is 13.4. The highest BCUT2D eigenvalue weighted by Crippen LogP contribution is 2.44. The Morgan fingerprint density at radius 2 is 1.65 bits per heavy atom. The minimum absolute atomic E-state index is 0.573. The van der Waals surface area contributed by atoms with E-state index in [9.17, 15) is 26.3 Å². The predicted octanol–water partition coefficient (Wildman–Crippen LogP) is 3.68. The van der Waals surface area contributed by atoms with Gasteiger partial charge >= 0.3 is 12.1 Å². The standard InChI is InChI=1S/C9H6ClF6N/c10-5-3-1-2-4(6(5)11)7(17)8(12,13)9(14,15)16/h1-3,7H,17H2/t7-/m1/s1. The minimum atomic E-state index is -5.86. The number of benzene rings is 1. The van der Waals surface area contributed by atoms with Gasteiger partial charge in [0, 0.05) is 5.56 Å². The fraction of sp³-hybridized carbons (Fsp3) is 0.333. The first-order chi connectivity index (χ1) is 7.59. The Hall–Kier alpha value is -0.950. The number of halogens is 7. The van der Waals surface area contributed by atoms with E-state index in [4.69, 9.17) is 17.3 Å². The second-order valence-electron chi connectivity index (χ2n) is 3.24. The van der Waals surface area contributed by atoms with E-state index in [1.54, 1.807) is 0 Å². The molecule has 0 saturated carbocycles. The maximum absolute atomic E-state index is 13.3. The zero-order valence-electron chi connectivity index (χ0n) is 8.03. The fourth-order valence-corrected chi connectivity index (χ4v) is 1.31. The molecule has 0 aliphatic carbocycles. The van der Waals surface area contributed by atoms with Crippen molar-refractivity contribution in [2.24, 2.45) is 5.73 Å². The van der Waals surface area contributed by atoms with Gasteiger partial charge in [0.05, 0.1) is 5.02 Å². The molecular weight excluding hydrogens is 272 g/mol. The molecule has 0 heterocycles. The molecule has 0 fully saturated rings. The summed E-state index contributed by atoms with van der Waals surface area (Å²) in [4.78, 5) is 0. The van der Waals surface area contributed by atoms with Crippen LogP contribution in [0.1, 0.15) is 11.6 Å². The molecule has 0 unspecified atom stereocenters. The molecule has 0 amide bonds. The van der Waals surface area contributed by atoms with Crippen LogP contribution >= 0.6 is 11.6 Å². The summed E-state index contributed by atoms with van der Waals surface area (Å²) in [6.45, 7) is 0. The third-order valence-electron chi connectivity index (χ3n) is 2.09. The van der Waals surface area contributed by atoms with Gasteiger partial charge in [-0.2, -0.15) is 22.0 Å². The number of hydrogen-bond acceptors (Lipinski definition) is 1. The van der Waals surface area contributed by atoms with Crippen molar-refractivity contribution in [3.63, 3.8) is 0 Å². The van der Waals surface area contributed by atoms with E-state index in [0.29, 0.717) is 0 Å². The molecule has 17 heavy (non-hydrogen) atoms. The van der Waals surface area contributed by atoms with Gasteiger partial charge in [-0.15, -0.1) is 0 Å². The highest BCUT2D eigenvalue weighted by Gasteiger charge is 2.62. The Labute approximate surface area is 97.2 Å². The normalized spacial score (nSPS) is 14.8. The van der Waals surface area contributed by atoms with Crippen LogP contribution in [0.4, 0.5) is 26.3 Å². The first kappa shape index (κ1) is 14.1. The van der Waals surface area contributed by atoms with Gasteiger partial charge in [-0.3, -0.25) is 0 Å². The summed E-state index contributed by atoms with van der Waals surface area (Å²) in [6.07, 6.45) is -5.86. The minimum Gasteiger partial charge on any atom is -0.319 e. The number of nitrogens with two attached hydrogens (primary N) is 1. The van der Waals surface area contributed by atoms with Gasteiger partial charge in [-0.05, 0) is 6.07 Å². The summed E-state index contributed by atoms with van der Waals surface area (Å²) in [5.74, 6) is -6.62. The maximum Gasteiger partial charge on any atom is 0.455 e. The van der Waals surface area contributed by atoms with Crippen molar-refractivity contribution in [3.05, 3.63) is 34.6 Å². The summed E-state index contributed by atoms with van der Waals surface area (Å²) in [5, 5.41) is -0.573. The second-order valence-corrected chi connectivity index (χ2v) is 3.65. The van der Waals surface area contributed by atoms with Crippen LogP contribution < -0.4 is 5.73 Å². The summed E-state index contributed by atoms with van der Waals surface area (Å²) in [5.41, 5.74) is 3.77. The van der Waals surface area contributed by atoms with Crippen LogP contribution in [0.2, 0.25) is 5.02 Å². The number of rotatable bonds is 2. The van der Waals surface area contributed by atoms with Crippen LogP contribution in [0.3, 0.4) is 0 Å². The van der Waals surface area contributed by atoms with E-state index in [1.165, 1.54) is 0 Å². The number of hydrogen-bond donors (Lipinski definition) is 1. The Bertz CT molecular complexity index is 416.